The van der Waals surface area contributed by atoms with Gasteiger partial charge in [0.05, 0.1) is 23.3 Å². The maximum Gasteiger partial charge on any atom is 0.225 e. The lowest BCUT2D eigenvalue weighted by Gasteiger charge is -2.18. The first-order valence-electron chi connectivity index (χ1n) is 11.0. The van der Waals surface area contributed by atoms with Crippen LogP contribution in [0.1, 0.15) is 29.2 Å². The minimum atomic E-state index is -0.0537. The second kappa shape index (κ2) is 9.09. The summed E-state index contributed by atoms with van der Waals surface area (Å²) >= 11 is 0. The zero-order valence-corrected chi connectivity index (χ0v) is 18.3. The Kier molecular flexibility index (Phi) is 5.68. The van der Waals surface area contributed by atoms with Crippen LogP contribution in [0.2, 0.25) is 0 Å². The third kappa shape index (κ3) is 4.39. The third-order valence-electron chi connectivity index (χ3n) is 5.78. The number of anilines is 1. The molecule has 2 heterocycles. The van der Waals surface area contributed by atoms with Gasteiger partial charge < -0.3 is 5.32 Å². The summed E-state index contributed by atoms with van der Waals surface area (Å²) in [5.74, 6) is -0.0754. The fourth-order valence-corrected chi connectivity index (χ4v) is 4.16. The SMILES string of the molecule is Cc1nn(-c2ccccc2)c2ncc(NC(=O)CC(c3ccccc3)c3ccccc3)cc12. The average Bonchev–Trinajstić information content (AvgIpc) is 3.20. The molecule has 0 atom stereocenters. The Morgan fingerprint density at radius 2 is 1.45 bits per heavy atom. The van der Waals surface area contributed by atoms with Gasteiger partial charge in [-0.1, -0.05) is 78.9 Å². The normalized spacial score (nSPS) is 11.1. The highest BCUT2D eigenvalue weighted by Crippen LogP contribution is 2.29. The fourth-order valence-electron chi connectivity index (χ4n) is 4.16. The molecule has 0 spiro atoms. The van der Waals surface area contributed by atoms with Crippen molar-refractivity contribution < 1.29 is 4.79 Å². The van der Waals surface area contributed by atoms with Crippen molar-refractivity contribution in [2.75, 3.05) is 5.32 Å². The standard InChI is InChI=1S/C28H24N4O/c1-20-25-17-23(19-29-28(25)32(31-20)24-15-9-4-10-16-24)30-27(33)18-26(21-11-5-2-6-12-21)22-13-7-3-8-14-22/h2-17,19,26H,18H2,1H3,(H,30,33). The predicted octanol–water partition coefficient (Wildman–Crippen LogP) is 5.89. The lowest BCUT2D eigenvalue weighted by molar-refractivity contribution is -0.116. The van der Waals surface area contributed by atoms with Crippen molar-refractivity contribution >= 4 is 22.6 Å². The molecule has 0 bridgehead atoms. The van der Waals surface area contributed by atoms with E-state index in [-0.39, 0.29) is 11.8 Å². The number of aromatic nitrogens is 3. The van der Waals surface area contributed by atoms with Gasteiger partial charge in [0.2, 0.25) is 5.91 Å². The Morgan fingerprint density at radius 3 is 2.06 bits per heavy atom. The lowest BCUT2D eigenvalue weighted by atomic mass is 9.88. The number of fused-ring (bicyclic) bond motifs is 1. The summed E-state index contributed by atoms with van der Waals surface area (Å²) in [4.78, 5) is 17.7. The summed E-state index contributed by atoms with van der Waals surface area (Å²) in [7, 11) is 0. The van der Waals surface area contributed by atoms with Gasteiger partial charge in [0.15, 0.2) is 5.65 Å². The predicted molar refractivity (Wildman–Crippen MR) is 132 cm³/mol. The molecule has 5 rings (SSSR count). The van der Waals surface area contributed by atoms with Crippen molar-refractivity contribution in [1.29, 1.82) is 0 Å². The largest absolute Gasteiger partial charge is 0.325 e. The highest BCUT2D eigenvalue weighted by Gasteiger charge is 2.19. The second-order valence-corrected chi connectivity index (χ2v) is 8.05. The van der Waals surface area contributed by atoms with E-state index < -0.39 is 0 Å². The maximum atomic E-state index is 13.1. The third-order valence-corrected chi connectivity index (χ3v) is 5.78. The summed E-state index contributed by atoms with van der Waals surface area (Å²) in [5.41, 5.74) is 5.49. The molecule has 5 aromatic rings. The van der Waals surface area contributed by atoms with Crippen LogP contribution in [-0.2, 0) is 4.79 Å². The van der Waals surface area contributed by atoms with Crippen molar-refractivity contribution in [1.82, 2.24) is 14.8 Å². The monoisotopic (exact) mass is 432 g/mol. The van der Waals surface area contributed by atoms with Crippen molar-refractivity contribution in [2.24, 2.45) is 0 Å². The second-order valence-electron chi connectivity index (χ2n) is 8.05. The van der Waals surface area contributed by atoms with E-state index in [9.17, 15) is 4.79 Å². The first-order valence-corrected chi connectivity index (χ1v) is 11.0. The highest BCUT2D eigenvalue weighted by atomic mass is 16.1. The van der Waals surface area contributed by atoms with Crippen LogP contribution in [0.25, 0.3) is 16.7 Å². The number of amides is 1. The van der Waals surface area contributed by atoms with E-state index in [1.807, 2.05) is 84.4 Å². The molecular weight excluding hydrogens is 408 g/mol. The Morgan fingerprint density at radius 1 is 0.879 bits per heavy atom. The van der Waals surface area contributed by atoms with E-state index in [1.54, 1.807) is 6.20 Å². The Balaban J connectivity index is 1.40. The summed E-state index contributed by atoms with van der Waals surface area (Å²) in [6.45, 7) is 1.95. The van der Waals surface area contributed by atoms with E-state index >= 15 is 0 Å². The van der Waals surface area contributed by atoms with E-state index in [1.165, 1.54) is 0 Å². The van der Waals surface area contributed by atoms with Crippen LogP contribution in [0.4, 0.5) is 5.69 Å². The molecule has 162 valence electrons. The zero-order chi connectivity index (χ0) is 22.6. The Hall–Kier alpha value is -4.25. The number of rotatable bonds is 6. The molecule has 1 N–H and O–H groups in total. The van der Waals surface area contributed by atoms with Gasteiger partial charge in [0.25, 0.3) is 0 Å². The zero-order valence-electron chi connectivity index (χ0n) is 18.3. The molecule has 0 unspecified atom stereocenters. The van der Waals surface area contributed by atoms with Crippen LogP contribution >= 0.6 is 0 Å². The summed E-state index contributed by atoms with van der Waals surface area (Å²) < 4.78 is 1.83. The molecule has 0 saturated carbocycles. The first kappa shape index (κ1) is 20.6. The van der Waals surface area contributed by atoms with Gasteiger partial charge >= 0.3 is 0 Å². The van der Waals surface area contributed by atoms with Crippen LogP contribution in [0.5, 0.6) is 0 Å². The molecule has 0 aliphatic rings. The van der Waals surface area contributed by atoms with Crippen LogP contribution in [0, 0.1) is 6.92 Å². The van der Waals surface area contributed by atoms with Gasteiger partial charge in [0, 0.05) is 17.7 Å². The fraction of sp³-hybridized carbons (Fsp3) is 0.107. The number of nitrogens with one attached hydrogen (secondary N) is 1. The highest BCUT2D eigenvalue weighted by molar-refractivity contribution is 5.94. The Bertz CT molecular complexity index is 1340. The van der Waals surface area contributed by atoms with Gasteiger partial charge in [-0.2, -0.15) is 5.10 Å². The summed E-state index contributed by atoms with van der Waals surface area (Å²) in [6, 6.07) is 32.2. The van der Waals surface area contributed by atoms with Crippen LogP contribution in [-0.4, -0.2) is 20.7 Å². The lowest BCUT2D eigenvalue weighted by Crippen LogP contribution is -2.16. The van der Waals surface area contributed by atoms with Gasteiger partial charge in [-0.05, 0) is 36.2 Å². The number of pyridine rings is 1. The molecule has 5 heteroatoms. The molecule has 0 aliphatic heterocycles. The number of carbonyl (C=O) groups excluding carboxylic acids is 1. The van der Waals surface area contributed by atoms with E-state index in [0.29, 0.717) is 12.1 Å². The smallest absolute Gasteiger partial charge is 0.225 e. The van der Waals surface area contributed by atoms with E-state index in [2.05, 4.69) is 39.7 Å². The number of aryl methyl sites for hydroxylation is 1. The first-order chi connectivity index (χ1) is 16.2. The van der Waals surface area contributed by atoms with Crippen LogP contribution in [0.15, 0.2) is 103 Å². The molecule has 0 aliphatic carbocycles. The molecule has 0 radical (unpaired) electrons. The van der Waals surface area contributed by atoms with Gasteiger partial charge in [0.1, 0.15) is 0 Å². The molecule has 33 heavy (non-hydrogen) atoms. The maximum absolute atomic E-state index is 13.1. The number of hydrogen-bond acceptors (Lipinski definition) is 3. The van der Waals surface area contributed by atoms with Crippen molar-refractivity contribution in [3.63, 3.8) is 0 Å². The quantitative estimate of drug-likeness (QED) is 0.364. The van der Waals surface area contributed by atoms with E-state index in [0.717, 1.165) is 33.5 Å². The number of para-hydroxylation sites is 1. The van der Waals surface area contributed by atoms with Crippen LogP contribution in [0.3, 0.4) is 0 Å². The average molecular weight is 433 g/mol. The minimum absolute atomic E-state index is 0.0216. The topological polar surface area (TPSA) is 59.8 Å². The minimum Gasteiger partial charge on any atom is -0.325 e. The van der Waals surface area contributed by atoms with Crippen molar-refractivity contribution in [2.45, 2.75) is 19.3 Å². The van der Waals surface area contributed by atoms with Crippen LogP contribution < -0.4 is 5.32 Å². The molecule has 1 amide bonds. The summed E-state index contributed by atoms with van der Waals surface area (Å²) in [6.07, 6.45) is 2.04. The summed E-state index contributed by atoms with van der Waals surface area (Å²) in [5, 5.41) is 8.61. The molecule has 2 aromatic heterocycles. The van der Waals surface area contributed by atoms with Gasteiger partial charge in [-0.3, -0.25) is 4.79 Å². The van der Waals surface area contributed by atoms with E-state index in [4.69, 9.17) is 0 Å². The molecule has 5 nitrogen and oxygen atoms in total. The molecule has 0 fully saturated rings. The molecule has 0 saturated heterocycles. The Labute approximate surface area is 192 Å². The number of hydrogen-bond donors (Lipinski definition) is 1. The van der Waals surface area contributed by atoms with Gasteiger partial charge in [-0.15, -0.1) is 0 Å². The molecule has 3 aromatic carbocycles. The molecular formula is C28H24N4O. The number of nitrogens with zero attached hydrogens (tertiary/aromatic N) is 3. The number of carbonyl (C=O) groups is 1. The van der Waals surface area contributed by atoms with Crippen molar-refractivity contribution in [3.8, 4) is 5.69 Å². The van der Waals surface area contributed by atoms with Crippen molar-refractivity contribution in [3.05, 3.63) is 120 Å². The number of benzene rings is 3. The van der Waals surface area contributed by atoms with Gasteiger partial charge in [-0.25, -0.2) is 9.67 Å².